The first-order valence-electron chi connectivity index (χ1n) is 10.5. The Morgan fingerprint density at radius 1 is 1.23 bits per heavy atom. The van der Waals surface area contributed by atoms with Gasteiger partial charge in [0.15, 0.2) is 5.16 Å². The lowest BCUT2D eigenvalue weighted by Gasteiger charge is -2.29. The molecule has 162 valence electrons. The zero-order valence-corrected chi connectivity index (χ0v) is 19.0. The molecule has 2 N–H and O–H groups in total. The summed E-state index contributed by atoms with van der Waals surface area (Å²) in [6.45, 7) is 8.08. The molecule has 1 aliphatic carbocycles. The molecular formula is C22H31N5O2S. The van der Waals surface area contributed by atoms with Crippen LogP contribution in [0.25, 0.3) is 5.69 Å². The van der Waals surface area contributed by atoms with Crippen LogP contribution >= 0.6 is 11.8 Å². The summed E-state index contributed by atoms with van der Waals surface area (Å²) < 4.78 is 1.90. The first-order valence-corrected chi connectivity index (χ1v) is 11.5. The van der Waals surface area contributed by atoms with E-state index in [1.54, 1.807) is 6.33 Å². The molecule has 2 aromatic rings. The number of carbonyl (C=O) groups excluding carboxylic acids is 2. The van der Waals surface area contributed by atoms with E-state index in [2.05, 4.69) is 46.8 Å². The normalized spacial score (nSPS) is 19.0. The molecule has 30 heavy (non-hydrogen) atoms. The summed E-state index contributed by atoms with van der Waals surface area (Å²) in [4.78, 5) is 24.8. The number of thioether (sulfide) groups is 1. The zero-order valence-electron chi connectivity index (χ0n) is 18.1. The van der Waals surface area contributed by atoms with Crippen LogP contribution in [-0.4, -0.2) is 44.4 Å². The second kappa shape index (κ2) is 10.1. The highest BCUT2D eigenvalue weighted by molar-refractivity contribution is 7.99. The third-order valence-electron chi connectivity index (χ3n) is 5.46. The number of aromatic nitrogens is 3. The minimum Gasteiger partial charge on any atom is -0.354 e. The number of hydrogen-bond acceptors (Lipinski definition) is 5. The Labute approximate surface area is 182 Å². The highest BCUT2D eigenvalue weighted by Crippen LogP contribution is 2.25. The summed E-state index contributed by atoms with van der Waals surface area (Å²) in [7, 11) is 0. The van der Waals surface area contributed by atoms with Gasteiger partial charge in [-0.25, -0.2) is 0 Å². The molecule has 0 bridgehead atoms. The smallest absolute Gasteiger partial charge is 0.230 e. The summed E-state index contributed by atoms with van der Waals surface area (Å²) in [6, 6.07) is 6.37. The Morgan fingerprint density at radius 3 is 2.77 bits per heavy atom. The van der Waals surface area contributed by atoms with Gasteiger partial charge in [0.1, 0.15) is 6.33 Å². The first-order chi connectivity index (χ1) is 14.3. The van der Waals surface area contributed by atoms with Crippen LogP contribution in [-0.2, 0) is 9.59 Å². The Morgan fingerprint density at radius 2 is 2.03 bits per heavy atom. The van der Waals surface area contributed by atoms with Crippen molar-refractivity contribution in [3.05, 3.63) is 35.7 Å². The molecule has 3 rings (SSSR count). The van der Waals surface area contributed by atoms with E-state index in [1.165, 1.54) is 22.9 Å². The largest absolute Gasteiger partial charge is 0.354 e. The summed E-state index contributed by atoms with van der Waals surface area (Å²) >= 11 is 1.37. The van der Waals surface area contributed by atoms with E-state index in [4.69, 9.17) is 0 Å². The molecule has 0 spiro atoms. The average Bonchev–Trinajstić information content (AvgIpc) is 3.17. The predicted octanol–water partition coefficient (Wildman–Crippen LogP) is 3.18. The van der Waals surface area contributed by atoms with Crippen molar-refractivity contribution in [3.8, 4) is 5.69 Å². The number of hydrogen-bond donors (Lipinski definition) is 2. The SMILES string of the molecule is Cc1ccc(-n2cnnc2SCC(=O)NC2CCCC(C(=O)NC(C)C)C2)cc1C. The maximum absolute atomic E-state index is 12.5. The molecule has 0 saturated heterocycles. The second-order valence-corrected chi connectivity index (χ2v) is 9.27. The van der Waals surface area contributed by atoms with Gasteiger partial charge in [-0.1, -0.05) is 24.2 Å². The summed E-state index contributed by atoms with van der Waals surface area (Å²) in [5, 5.41) is 15.0. The van der Waals surface area contributed by atoms with Crippen molar-refractivity contribution < 1.29 is 9.59 Å². The molecule has 0 aliphatic heterocycles. The van der Waals surface area contributed by atoms with E-state index in [9.17, 15) is 9.59 Å². The monoisotopic (exact) mass is 429 g/mol. The van der Waals surface area contributed by atoms with Crippen molar-refractivity contribution in [1.82, 2.24) is 25.4 Å². The molecule has 2 unspecified atom stereocenters. The van der Waals surface area contributed by atoms with Gasteiger partial charge in [-0.15, -0.1) is 10.2 Å². The van der Waals surface area contributed by atoms with Gasteiger partial charge in [0, 0.05) is 23.7 Å². The molecule has 0 radical (unpaired) electrons. The maximum atomic E-state index is 12.5. The Kier molecular flexibility index (Phi) is 7.53. The summed E-state index contributed by atoms with van der Waals surface area (Å²) in [6.07, 6.45) is 5.13. The van der Waals surface area contributed by atoms with E-state index in [-0.39, 0.29) is 35.6 Å². The lowest BCUT2D eigenvalue weighted by molar-refractivity contribution is -0.127. The van der Waals surface area contributed by atoms with Crippen LogP contribution in [0.3, 0.4) is 0 Å². The fourth-order valence-electron chi connectivity index (χ4n) is 3.74. The molecule has 1 aliphatic rings. The topological polar surface area (TPSA) is 88.9 Å². The van der Waals surface area contributed by atoms with Crippen molar-refractivity contribution in [2.24, 2.45) is 5.92 Å². The van der Waals surface area contributed by atoms with Crippen molar-refractivity contribution in [3.63, 3.8) is 0 Å². The van der Waals surface area contributed by atoms with Gasteiger partial charge < -0.3 is 10.6 Å². The molecule has 2 atom stereocenters. The number of carbonyl (C=O) groups is 2. The number of nitrogens with one attached hydrogen (secondary N) is 2. The average molecular weight is 430 g/mol. The first kappa shape index (κ1) is 22.3. The lowest BCUT2D eigenvalue weighted by atomic mass is 9.85. The van der Waals surface area contributed by atoms with Gasteiger partial charge in [0.05, 0.1) is 5.75 Å². The highest BCUT2D eigenvalue weighted by atomic mass is 32.2. The van der Waals surface area contributed by atoms with Crippen LogP contribution in [0.2, 0.25) is 0 Å². The van der Waals surface area contributed by atoms with Crippen molar-refractivity contribution in [2.75, 3.05) is 5.75 Å². The van der Waals surface area contributed by atoms with Gasteiger partial charge >= 0.3 is 0 Å². The van der Waals surface area contributed by atoms with Crippen molar-refractivity contribution in [1.29, 1.82) is 0 Å². The zero-order chi connectivity index (χ0) is 21.7. The lowest BCUT2D eigenvalue weighted by Crippen LogP contribution is -2.44. The van der Waals surface area contributed by atoms with E-state index < -0.39 is 0 Å². The van der Waals surface area contributed by atoms with Crippen molar-refractivity contribution >= 4 is 23.6 Å². The number of benzene rings is 1. The van der Waals surface area contributed by atoms with Crippen LogP contribution in [0.5, 0.6) is 0 Å². The Balaban J connectivity index is 1.53. The van der Waals surface area contributed by atoms with Crippen LogP contribution in [0.1, 0.15) is 50.7 Å². The molecule has 1 aromatic heterocycles. The molecule has 2 amide bonds. The molecule has 1 saturated carbocycles. The molecular weight excluding hydrogens is 398 g/mol. The van der Waals surface area contributed by atoms with E-state index in [1.807, 2.05) is 24.5 Å². The molecule has 1 heterocycles. The van der Waals surface area contributed by atoms with Crippen LogP contribution in [0.15, 0.2) is 29.7 Å². The van der Waals surface area contributed by atoms with Crippen LogP contribution in [0, 0.1) is 19.8 Å². The number of rotatable bonds is 7. The number of amides is 2. The standard InChI is InChI=1S/C22H31N5O2S/c1-14(2)24-21(29)17-6-5-7-18(11-17)25-20(28)12-30-22-26-23-13-27(22)19-9-8-15(3)16(4)10-19/h8-10,13-14,17-18H,5-7,11-12H2,1-4H3,(H,24,29)(H,25,28). The van der Waals surface area contributed by atoms with E-state index in [0.717, 1.165) is 24.9 Å². The van der Waals surface area contributed by atoms with Gasteiger partial charge in [0.2, 0.25) is 11.8 Å². The second-order valence-electron chi connectivity index (χ2n) is 8.33. The molecule has 1 fully saturated rings. The van der Waals surface area contributed by atoms with Crippen LogP contribution < -0.4 is 10.6 Å². The number of aryl methyl sites for hydroxylation is 2. The molecule has 8 heteroatoms. The predicted molar refractivity (Wildman–Crippen MR) is 119 cm³/mol. The van der Waals surface area contributed by atoms with Crippen molar-refractivity contribution in [2.45, 2.75) is 70.6 Å². The van der Waals surface area contributed by atoms with Gasteiger partial charge in [-0.3, -0.25) is 14.2 Å². The number of nitrogens with zero attached hydrogens (tertiary/aromatic N) is 3. The quantitative estimate of drug-likeness (QED) is 0.660. The maximum Gasteiger partial charge on any atom is 0.230 e. The highest BCUT2D eigenvalue weighted by Gasteiger charge is 2.28. The van der Waals surface area contributed by atoms with Crippen LogP contribution in [0.4, 0.5) is 0 Å². The summed E-state index contributed by atoms with van der Waals surface area (Å²) in [5.41, 5.74) is 3.41. The van der Waals surface area contributed by atoms with Gasteiger partial charge in [0.25, 0.3) is 0 Å². The molecule has 1 aromatic carbocycles. The molecule has 7 nitrogen and oxygen atoms in total. The van der Waals surface area contributed by atoms with Gasteiger partial charge in [-0.05, 0) is 70.2 Å². The Hall–Kier alpha value is -2.35. The minimum absolute atomic E-state index is 0.0213. The Bertz CT molecular complexity index is 895. The van der Waals surface area contributed by atoms with E-state index in [0.29, 0.717) is 11.6 Å². The van der Waals surface area contributed by atoms with Gasteiger partial charge in [-0.2, -0.15) is 0 Å². The van der Waals surface area contributed by atoms with E-state index >= 15 is 0 Å². The fourth-order valence-corrected chi connectivity index (χ4v) is 4.48. The fraction of sp³-hybridized carbons (Fsp3) is 0.545. The minimum atomic E-state index is -0.0374. The third-order valence-corrected chi connectivity index (χ3v) is 6.40. The summed E-state index contributed by atoms with van der Waals surface area (Å²) in [5.74, 6) is 0.305. The third kappa shape index (κ3) is 5.84.